The van der Waals surface area contributed by atoms with Gasteiger partial charge in [-0.3, -0.25) is 0 Å². The van der Waals surface area contributed by atoms with Gasteiger partial charge in [-0.2, -0.15) is 0 Å². The van der Waals surface area contributed by atoms with E-state index in [1.807, 2.05) is 0 Å². The highest BCUT2D eigenvalue weighted by Gasteiger charge is 2.39. The van der Waals surface area contributed by atoms with Crippen LogP contribution in [0.5, 0.6) is 0 Å². The highest BCUT2D eigenvalue weighted by Crippen LogP contribution is 2.43. The molecule has 3 aliphatic rings. The molecule has 0 spiro atoms. The van der Waals surface area contributed by atoms with Crippen LogP contribution < -0.4 is 0 Å². The van der Waals surface area contributed by atoms with Gasteiger partial charge in [0.05, 0.1) is 0 Å². The molecular weight excluding hydrogens is 158 g/mol. The van der Waals surface area contributed by atoms with E-state index in [0.29, 0.717) is 0 Å². The number of nitrogens with zero attached hydrogens (tertiary/aromatic N) is 1. The topological polar surface area (TPSA) is 3.24 Å². The Kier molecular flexibility index (Phi) is 2.08. The van der Waals surface area contributed by atoms with Crippen molar-refractivity contribution >= 4 is 0 Å². The fraction of sp³-hybridized carbons (Fsp3) is 1.00. The summed E-state index contributed by atoms with van der Waals surface area (Å²) in [7, 11) is 0. The van der Waals surface area contributed by atoms with Crippen molar-refractivity contribution in [1.29, 1.82) is 0 Å². The van der Waals surface area contributed by atoms with Crippen molar-refractivity contribution < 1.29 is 0 Å². The van der Waals surface area contributed by atoms with Gasteiger partial charge in [0, 0.05) is 13.1 Å². The SMILES string of the molecule is C1CCN2CC(C1)C1CCCC1C2. The molecule has 1 saturated carbocycles. The minimum Gasteiger partial charge on any atom is -0.303 e. The van der Waals surface area contributed by atoms with Crippen molar-refractivity contribution in [2.45, 2.75) is 38.5 Å². The monoisotopic (exact) mass is 179 g/mol. The average molecular weight is 179 g/mol. The molecule has 0 N–H and O–H groups in total. The van der Waals surface area contributed by atoms with Crippen molar-refractivity contribution in [3.8, 4) is 0 Å². The molecule has 3 fully saturated rings. The van der Waals surface area contributed by atoms with E-state index in [1.165, 1.54) is 51.7 Å². The summed E-state index contributed by atoms with van der Waals surface area (Å²) in [6.07, 6.45) is 9.14. The van der Waals surface area contributed by atoms with E-state index >= 15 is 0 Å². The normalized spacial score (nSPS) is 49.8. The van der Waals surface area contributed by atoms with Crippen molar-refractivity contribution in [2.24, 2.45) is 17.8 Å². The summed E-state index contributed by atoms with van der Waals surface area (Å²) in [5.41, 5.74) is 0. The summed E-state index contributed by atoms with van der Waals surface area (Å²) < 4.78 is 0. The fourth-order valence-corrected chi connectivity index (χ4v) is 4.02. The van der Waals surface area contributed by atoms with Crippen LogP contribution in [0.15, 0.2) is 0 Å². The molecule has 2 saturated heterocycles. The van der Waals surface area contributed by atoms with Crippen LogP contribution in [-0.2, 0) is 0 Å². The molecule has 2 heterocycles. The van der Waals surface area contributed by atoms with Crippen LogP contribution in [0.3, 0.4) is 0 Å². The van der Waals surface area contributed by atoms with E-state index in [1.54, 1.807) is 6.42 Å². The molecule has 4 atom stereocenters. The zero-order chi connectivity index (χ0) is 8.67. The predicted octanol–water partition coefficient (Wildman–Crippen LogP) is 2.52. The van der Waals surface area contributed by atoms with E-state index in [0.717, 1.165) is 17.8 Å². The highest BCUT2D eigenvalue weighted by molar-refractivity contribution is 4.91. The van der Waals surface area contributed by atoms with Gasteiger partial charge in [0.25, 0.3) is 0 Å². The Labute approximate surface area is 81.5 Å². The first kappa shape index (κ1) is 8.28. The summed E-state index contributed by atoms with van der Waals surface area (Å²) in [6, 6.07) is 0. The summed E-state index contributed by atoms with van der Waals surface area (Å²) in [6.45, 7) is 4.29. The Morgan fingerprint density at radius 1 is 0.769 bits per heavy atom. The van der Waals surface area contributed by atoms with Gasteiger partial charge in [-0.25, -0.2) is 0 Å². The van der Waals surface area contributed by atoms with E-state index in [4.69, 9.17) is 0 Å². The van der Waals surface area contributed by atoms with Crippen LogP contribution in [0.2, 0.25) is 0 Å². The molecule has 2 aliphatic heterocycles. The van der Waals surface area contributed by atoms with Crippen LogP contribution in [0.1, 0.15) is 38.5 Å². The van der Waals surface area contributed by atoms with Crippen LogP contribution in [0.25, 0.3) is 0 Å². The van der Waals surface area contributed by atoms with Gasteiger partial charge >= 0.3 is 0 Å². The number of piperidine rings is 1. The van der Waals surface area contributed by atoms with E-state index in [2.05, 4.69) is 4.90 Å². The molecule has 2 bridgehead atoms. The van der Waals surface area contributed by atoms with Crippen molar-refractivity contribution in [3.63, 3.8) is 0 Å². The van der Waals surface area contributed by atoms with Gasteiger partial charge < -0.3 is 4.90 Å². The molecule has 3 rings (SSSR count). The minimum absolute atomic E-state index is 1.09. The van der Waals surface area contributed by atoms with Crippen LogP contribution in [0, 0.1) is 17.8 Å². The van der Waals surface area contributed by atoms with Crippen molar-refractivity contribution in [2.75, 3.05) is 19.6 Å². The molecule has 1 nitrogen and oxygen atoms in total. The second kappa shape index (κ2) is 3.27. The molecule has 1 aliphatic carbocycles. The Morgan fingerprint density at radius 2 is 1.54 bits per heavy atom. The number of hydrogen-bond donors (Lipinski definition) is 0. The molecule has 0 aromatic rings. The Morgan fingerprint density at radius 3 is 2.38 bits per heavy atom. The second-order valence-electron chi connectivity index (χ2n) is 5.37. The largest absolute Gasteiger partial charge is 0.303 e. The Hall–Kier alpha value is -0.0400. The number of fused-ring (bicyclic) bond motifs is 4. The number of hydrogen-bond acceptors (Lipinski definition) is 1. The summed E-state index contributed by atoms with van der Waals surface area (Å²) in [5, 5.41) is 0. The quantitative estimate of drug-likeness (QED) is 0.552. The zero-order valence-corrected chi connectivity index (χ0v) is 8.54. The lowest BCUT2D eigenvalue weighted by Crippen LogP contribution is -2.43. The lowest BCUT2D eigenvalue weighted by atomic mass is 9.78. The number of rotatable bonds is 0. The third kappa shape index (κ3) is 1.41. The Balaban J connectivity index is 1.79. The van der Waals surface area contributed by atoms with E-state index < -0.39 is 0 Å². The highest BCUT2D eigenvalue weighted by atomic mass is 15.1. The average Bonchev–Trinajstić information content (AvgIpc) is 2.51. The zero-order valence-electron chi connectivity index (χ0n) is 8.54. The first-order chi connectivity index (χ1) is 6.43. The molecule has 0 aromatic heterocycles. The van der Waals surface area contributed by atoms with Crippen LogP contribution in [-0.4, -0.2) is 24.5 Å². The van der Waals surface area contributed by atoms with Crippen molar-refractivity contribution in [3.05, 3.63) is 0 Å². The van der Waals surface area contributed by atoms with Gasteiger partial charge in [0.1, 0.15) is 0 Å². The van der Waals surface area contributed by atoms with Gasteiger partial charge in [-0.1, -0.05) is 12.8 Å². The van der Waals surface area contributed by atoms with Gasteiger partial charge in [-0.05, 0) is 50.0 Å². The maximum atomic E-state index is 2.75. The molecule has 1 heteroatoms. The summed E-state index contributed by atoms with van der Waals surface area (Å²) in [4.78, 5) is 2.75. The minimum atomic E-state index is 1.09. The molecule has 0 aromatic carbocycles. The third-order valence-corrected chi connectivity index (χ3v) is 4.61. The molecule has 4 unspecified atom stereocenters. The standard InChI is InChI=1S/C12H21N/c1-2-7-13-8-10(4-1)12-6-3-5-11(12)9-13/h10-12H,1-9H2. The summed E-state index contributed by atoms with van der Waals surface area (Å²) >= 11 is 0. The first-order valence-corrected chi connectivity index (χ1v) is 6.16. The molecule has 0 radical (unpaired) electrons. The first-order valence-electron chi connectivity index (χ1n) is 6.16. The van der Waals surface area contributed by atoms with Gasteiger partial charge in [-0.15, -0.1) is 0 Å². The van der Waals surface area contributed by atoms with Crippen LogP contribution in [0.4, 0.5) is 0 Å². The summed E-state index contributed by atoms with van der Waals surface area (Å²) in [5.74, 6) is 3.31. The fourth-order valence-electron chi connectivity index (χ4n) is 4.02. The van der Waals surface area contributed by atoms with Crippen LogP contribution >= 0.6 is 0 Å². The molecule has 74 valence electrons. The molecular formula is C12H21N. The molecule has 13 heavy (non-hydrogen) atoms. The Bertz CT molecular complexity index is 188. The van der Waals surface area contributed by atoms with Gasteiger partial charge in [0.15, 0.2) is 0 Å². The van der Waals surface area contributed by atoms with E-state index in [-0.39, 0.29) is 0 Å². The van der Waals surface area contributed by atoms with Gasteiger partial charge in [0.2, 0.25) is 0 Å². The van der Waals surface area contributed by atoms with E-state index in [9.17, 15) is 0 Å². The third-order valence-electron chi connectivity index (χ3n) is 4.61. The second-order valence-corrected chi connectivity index (χ2v) is 5.37. The molecule has 0 amide bonds. The predicted molar refractivity (Wildman–Crippen MR) is 54.6 cm³/mol. The lowest BCUT2D eigenvalue weighted by molar-refractivity contribution is 0.0903. The maximum absolute atomic E-state index is 2.75. The van der Waals surface area contributed by atoms with Crippen molar-refractivity contribution in [1.82, 2.24) is 4.90 Å². The maximum Gasteiger partial charge on any atom is 0.00125 e. The lowest BCUT2D eigenvalue weighted by Gasteiger charge is -2.39. The smallest absolute Gasteiger partial charge is 0.00125 e.